The van der Waals surface area contributed by atoms with E-state index in [1.54, 1.807) is 19.1 Å². The Morgan fingerprint density at radius 2 is 2.24 bits per heavy atom. The molecule has 0 spiro atoms. The Hall–Kier alpha value is -1.81. The second-order valence-electron chi connectivity index (χ2n) is 4.62. The molecule has 0 saturated carbocycles. The van der Waals surface area contributed by atoms with Crippen molar-refractivity contribution in [2.45, 2.75) is 12.2 Å². The number of urea groups is 1. The van der Waals surface area contributed by atoms with Crippen LogP contribution in [0.1, 0.15) is 0 Å². The average molecular weight is 315 g/mol. The molecular formula is C11H17N5O4S. The summed E-state index contributed by atoms with van der Waals surface area (Å²) in [5.74, 6) is -0.822. The van der Waals surface area contributed by atoms with Crippen LogP contribution < -0.4 is 11.1 Å². The topological polar surface area (TPSA) is 117 Å². The molecule has 2 aliphatic heterocycles. The van der Waals surface area contributed by atoms with E-state index in [0.717, 1.165) is 11.8 Å². The maximum Gasteiger partial charge on any atom is 0.325 e. The second kappa shape index (κ2) is 6.31. The van der Waals surface area contributed by atoms with E-state index in [2.05, 4.69) is 10.3 Å². The molecule has 116 valence electrons. The molecule has 1 fully saturated rings. The molecule has 2 heterocycles. The number of amidine groups is 1. The van der Waals surface area contributed by atoms with Gasteiger partial charge in [0.15, 0.2) is 17.4 Å². The van der Waals surface area contributed by atoms with Crippen LogP contribution in [-0.2, 0) is 14.3 Å². The predicted molar refractivity (Wildman–Crippen MR) is 76.5 cm³/mol. The SMILES string of the molecule is COCCN1C(SCC(N)=O)=NC2C1C(=O)NC(=O)N2C. The van der Waals surface area contributed by atoms with Crippen LogP contribution in [0.5, 0.6) is 0 Å². The summed E-state index contributed by atoms with van der Waals surface area (Å²) in [5, 5.41) is 2.80. The van der Waals surface area contributed by atoms with E-state index in [4.69, 9.17) is 10.5 Å². The molecule has 0 aliphatic carbocycles. The maximum absolute atomic E-state index is 12.1. The summed E-state index contributed by atoms with van der Waals surface area (Å²) in [4.78, 5) is 42.1. The molecule has 0 aromatic heterocycles. The standard InChI is InChI=1S/C11H17N5O4S/c1-15-8-7(9(18)14-10(15)19)16(3-4-20-2)11(13-8)21-5-6(12)17/h7-8H,3-5H2,1-2H3,(H2,12,17)(H,14,18,19). The van der Waals surface area contributed by atoms with Gasteiger partial charge in [-0.3, -0.25) is 14.9 Å². The van der Waals surface area contributed by atoms with Crippen LogP contribution in [0.3, 0.4) is 0 Å². The van der Waals surface area contributed by atoms with Crippen LogP contribution in [-0.4, -0.2) is 78.1 Å². The normalized spacial score (nSPS) is 24.8. The number of likely N-dealkylation sites (N-methyl/N-ethyl adjacent to an activating group) is 1. The van der Waals surface area contributed by atoms with Crippen molar-refractivity contribution >= 4 is 34.8 Å². The Bertz CT molecular complexity index is 497. The van der Waals surface area contributed by atoms with E-state index in [-0.39, 0.29) is 5.75 Å². The van der Waals surface area contributed by atoms with Gasteiger partial charge in [-0.25, -0.2) is 9.79 Å². The van der Waals surface area contributed by atoms with Gasteiger partial charge in [0.2, 0.25) is 5.91 Å². The summed E-state index contributed by atoms with van der Waals surface area (Å²) < 4.78 is 5.03. The Morgan fingerprint density at radius 3 is 2.86 bits per heavy atom. The number of carbonyl (C=O) groups is 3. The number of fused-ring (bicyclic) bond motifs is 1. The van der Waals surface area contributed by atoms with Gasteiger partial charge in [-0.1, -0.05) is 11.8 Å². The lowest BCUT2D eigenvalue weighted by Crippen LogP contribution is -2.63. The van der Waals surface area contributed by atoms with Gasteiger partial charge in [-0.05, 0) is 0 Å². The van der Waals surface area contributed by atoms with Gasteiger partial charge in [0, 0.05) is 20.7 Å². The fraction of sp³-hybridized carbons (Fsp3) is 0.636. The van der Waals surface area contributed by atoms with Crippen LogP contribution in [0.4, 0.5) is 4.79 Å². The van der Waals surface area contributed by atoms with Crippen molar-refractivity contribution in [3.05, 3.63) is 0 Å². The average Bonchev–Trinajstić information content (AvgIpc) is 2.79. The van der Waals surface area contributed by atoms with Crippen molar-refractivity contribution < 1.29 is 19.1 Å². The highest BCUT2D eigenvalue weighted by Crippen LogP contribution is 2.27. The van der Waals surface area contributed by atoms with E-state index in [1.165, 1.54) is 4.90 Å². The van der Waals surface area contributed by atoms with E-state index in [9.17, 15) is 14.4 Å². The van der Waals surface area contributed by atoms with Crippen molar-refractivity contribution in [3.8, 4) is 0 Å². The number of methoxy groups -OCH3 is 1. The highest BCUT2D eigenvalue weighted by atomic mass is 32.2. The molecule has 0 bridgehead atoms. The van der Waals surface area contributed by atoms with Crippen molar-refractivity contribution in [1.29, 1.82) is 0 Å². The zero-order valence-electron chi connectivity index (χ0n) is 11.7. The smallest absolute Gasteiger partial charge is 0.325 e. The molecule has 0 aromatic rings. The Labute approximate surface area is 125 Å². The molecule has 10 heteroatoms. The summed E-state index contributed by atoms with van der Waals surface area (Å²) in [7, 11) is 3.12. The Kier molecular flexibility index (Phi) is 4.68. The molecule has 2 rings (SSSR count). The van der Waals surface area contributed by atoms with Gasteiger partial charge in [0.1, 0.15) is 0 Å². The molecule has 0 aromatic carbocycles. The van der Waals surface area contributed by atoms with E-state index in [0.29, 0.717) is 18.3 Å². The number of nitrogens with one attached hydrogen (secondary N) is 1. The summed E-state index contributed by atoms with van der Waals surface area (Å²) in [6.45, 7) is 0.821. The zero-order valence-corrected chi connectivity index (χ0v) is 12.6. The summed E-state index contributed by atoms with van der Waals surface area (Å²) in [6.07, 6.45) is -0.599. The van der Waals surface area contributed by atoms with Crippen molar-refractivity contribution in [2.75, 3.05) is 33.1 Å². The number of nitrogens with two attached hydrogens (primary N) is 1. The van der Waals surface area contributed by atoms with Crippen molar-refractivity contribution in [2.24, 2.45) is 10.7 Å². The lowest BCUT2D eigenvalue weighted by atomic mass is 10.1. The molecule has 3 N–H and O–H groups in total. The first kappa shape index (κ1) is 15.6. The van der Waals surface area contributed by atoms with Crippen LogP contribution in [0, 0.1) is 0 Å². The van der Waals surface area contributed by atoms with Crippen molar-refractivity contribution in [1.82, 2.24) is 15.1 Å². The van der Waals surface area contributed by atoms with E-state index in [1.807, 2.05) is 0 Å². The van der Waals surface area contributed by atoms with Gasteiger partial charge in [0.25, 0.3) is 5.91 Å². The molecule has 4 amide bonds. The lowest BCUT2D eigenvalue weighted by molar-refractivity contribution is -0.127. The number of ether oxygens (including phenoxy) is 1. The van der Waals surface area contributed by atoms with Gasteiger partial charge in [0.05, 0.1) is 12.4 Å². The van der Waals surface area contributed by atoms with E-state index < -0.39 is 30.1 Å². The number of primary amides is 1. The third kappa shape index (κ3) is 3.10. The first-order chi connectivity index (χ1) is 9.95. The Morgan fingerprint density at radius 1 is 1.52 bits per heavy atom. The highest BCUT2D eigenvalue weighted by molar-refractivity contribution is 8.14. The number of rotatable bonds is 5. The maximum atomic E-state index is 12.1. The number of aliphatic imine (C=N–C) groups is 1. The number of carbonyl (C=O) groups excluding carboxylic acids is 3. The van der Waals surface area contributed by atoms with Crippen molar-refractivity contribution in [3.63, 3.8) is 0 Å². The fourth-order valence-corrected chi connectivity index (χ4v) is 3.01. The van der Waals surface area contributed by atoms with Gasteiger partial charge in [-0.2, -0.15) is 0 Å². The minimum Gasteiger partial charge on any atom is -0.383 e. The zero-order chi connectivity index (χ0) is 15.6. The number of nitrogens with zero attached hydrogens (tertiary/aromatic N) is 3. The fourth-order valence-electron chi connectivity index (χ4n) is 2.18. The summed E-state index contributed by atoms with van der Waals surface area (Å²) >= 11 is 1.15. The Balaban J connectivity index is 2.22. The monoisotopic (exact) mass is 315 g/mol. The van der Waals surface area contributed by atoms with Gasteiger partial charge in [-0.15, -0.1) is 0 Å². The molecule has 2 unspecified atom stereocenters. The number of imide groups is 1. The lowest BCUT2D eigenvalue weighted by Gasteiger charge is -2.36. The summed E-state index contributed by atoms with van der Waals surface area (Å²) in [5.41, 5.74) is 5.14. The van der Waals surface area contributed by atoms with E-state index >= 15 is 0 Å². The molecule has 21 heavy (non-hydrogen) atoms. The predicted octanol–water partition coefficient (Wildman–Crippen LogP) is -1.60. The highest BCUT2D eigenvalue weighted by Gasteiger charge is 2.48. The minimum absolute atomic E-state index is 0.0566. The molecule has 9 nitrogen and oxygen atoms in total. The molecular weight excluding hydrogens is 298 g/mol. The first-order valence-electron chi connectivity index (χ1n) is 6.28. The third-order valence-corrected chi connectivity index (χ3v) is 4.23. The third-order valence-electron chi connectivity index (χ3n) is 3.20. The number of hydrogen-bond acceptors (Lipinski definition) is 7. The molecule has 2 aliphatic rings. The first-order valence-corrected chi connectivity index (χ1v) is 7.26. The number of hydrogen-bond donors (Lipinski definition) is 2. The molecule has 0 radical (unpaired) electrons. The molecule has 1 saturated heterocycles. The largest absolute Gasteiger partial charge is 0.383 e. The molecule has 2 atom stereocenters. The summed E-state index contributed by atoms with van der Waals surface area (Å²) in [6, 6.07) is -1.10. The van der Waals surface area contributed by atoms with Crippen LogP contribution >= 0.6 is 11.8 Å². The van der Waals surface area contributed by atoms with Crippen LogP contribution in [0.25, 0.3) is 0 Å². The quantitative estimate of drug-likeness (QED) is 0.631. The number of thioether (sulfide) groups is 1. The minimum atomic E-state index is -0.613. The second-order valence-corrected chi connectivity index (χ2v) is 5.56. The number of amides is 4. The van der Waals surface area contributed by atoms with Crippen LogP contribution in [0.2, 0.25) is 0 Å². The van der Waals surface area contributed by atoms with Crippen LogP contribution in [0.15, 0.2) is 4.99 Å². The van der Waals surface area contributed by atoms with Gasteiger partial charge < -0.3 is 20.3 Å². The van der Waals surface area contributed by atoms with Gasteiger partial charge >= 0.3 is 6.03 Å².